The Balaban J connectivity index is 1.48. The van der Waals surface area contributed by atoms with E-state index in [1.165, 1.54) is 0 Å². The minimum absolute atomic E-state index is 0.0610. The number of hydrogen-bond donors (Lipinski definition) is 1. The molecule has 2 aromatic rings. The number of aliphatic hydroxyl groups is 1. The molecule has 1 N–H and O–H groups in total. The molecule has 3 aliphatic heterocycles. The highest BCUT2D eigenvalue weighted by atomic mass is 35.5. The number of carbonyl (C=O) groups excluding carboxylic acids is 2. The molecule has 2 aromatic carbocycles. The van der Waals surface area contributed by atoms with Gasteiger partial charge in [-0.2, -0.15) is 0 Å². The smallest absolute Gasteiger partial charge is 0.295 e. The quantitative estimate of drug-likeness (QED) is 0.372. The lowest BCUT2D eigenvalue weighted by Crippen LogP contribution is -2.38. The maximum Gasteiger partial charge on any atom is 0.295 e. The third-order valence-electron chi connectivity index (χ3n) is 6.85. The number of carbonyl (C=O) groups is 2. The molecular formula is C27H29ClN2O5. The van der Waals surface area contributed by atoms with Crippen LogP contribution >= 0.6 is 11.6 Å². The van der Waals surface area contributed by atoms with Crippen LogP contribution in [0.25, 0.3) is 5.76 Å². The number of amides is 1. The van der Waals surface area contributed by atoms with E-state index in [1.54, 1.807) is 35.2 Å². The molecule has 8 heteroatoms. The fourth-order valence-corrected chi connectivity index (χ4v) is 5.35. The molecular weight excluding hydrogens is 468 g/mol. The first-order valence-electron chi connectivity index (χ1n) is 12.1. The molecule has 7 nitrogen and oxygen atoms in total. The van der Waals surface area contributed by atoms with Crippen LogP contribution in [0.3, 0.4) is 0 Å². The van der Waals surface area contributed by atoms with Crippen molar-refractivity contribution in [1.29, 1.82) is 0 Å². The molecule has 3 heterocycles. The minimum Gasteiger partial charge on any atom is -0.507 e. The van der Waals surface area contributed by atoms with Gasteiger partial charge in [-0.15, -0.1) is 0 Å². The van der Waals surface area contributed by atoms with Crippen molar-refractivity contribution in [3.63, 3.8) is 0 Å². The van der Waals surface area contributed by atoms with Gasteiger partial charge in [-0.25, -0.2) is 0 Å². The first-order chi connectivity index (χ1) is 16.9. The van der Waals surface area contributed by atoms with Gasteiger partial charge in [0.25, 0.3) is 11.7 Å². The summed E-state index contributed by atoms with van der Waals surface area (Å²) in [4.78, 5) is 30.3. The van der Waals surface area contributed by atoms with E-state index in [1.807, 2.05) is 19.1 Å². The number of aliphatic hydroxyl groups excluding tert-OH is 1. The van der Waals surface area contributed by atoms with Crippen molar-refractivity contribution < 1.29 is 24.2 Å². The normalized spacial score (nSPS) is 24.0. The Hall–Kier alpha value is -2.87. The van der Waals surface area contributed by atoms with Crippen LogP contribution in [0.15, 0.2) is 48.0 Å². The number of ketones is 1. The molecule has 1 amide bonds. The van der Waals surface area contributed by atoms with Crippen LogP contribution in [0.4, 0.5) is 0 Å². The highest BCUT2D eigenvalue weighted by molar-refractivity contribution is 6.46. The number of rotatable bonds is 6. The van der Waals surface area contributed by atoms with Gasteiger partial charge in [0.05, 0.1) is 24.8 Å². The lowest BCUT2D eigenvalue weighted by molar-refractivity contribution is -0.140. The number of Topliss-reactive ketones (excluding diaryl/α,β-unsaturated/α-hetero) is 1. The van der Waals surface area contributed by atoms with Gasteiger partial charge in [-0.1, -0.05) is 23.7 Å². The SMILES string of the molecule is C[C@@H]1Cc2cc(/C(O)=C3\C(=O)C(=O)N(CCCN4CCOCC4)[C@@H]3c3cccc(Cl)c3)ccc2O1. The average molecular weight is 497 g/mol. The summed E-state index contributed by atoms with van der Waals surface area (Å²) in [6.45, 7) is 6.31. The summed E-state index contributed by atoms with van der Waals surface area (Å²) in [5, 5.41) is 11.8. The third-order valence-corrected chi connectivity index (χ3v) is 7.09. The second-order valence-electron chi connectivity index (χ2n) is 9.31. The second kappa shape index (κ2) is 10.0. The molecule has 184 valence electrons. The van der Waals surface area contributed by atoms with E-state index in [2.05, 4.69) is 4.90 Å². The molecule has 0 radical (unpaired) electrons. The van der Waals surface area contributed by atoms with E-state index >= 15 is 0 Å². The van der Waals surface area contributed by atoms with Crippen LogP contribution in [0, 0.1) is 0 Å². The van der Waals surface area contributed by atoms with Gasteiger partial charge in [0.1, 0.15) is 17.6 Å². The first-order valence-corrected chi connectivity index (χ1v) is 12.4. The van der Waals surface area contributed by atoms with Gasteiger partial charge in [-0.3, -0.25) is 14.5 Å². The van der Waals surface area contributed by atoms with Crippen molar-refractivity contribution in [3.8, 4) is 5.75 Å². The highest BCUT2D eigenvalue weighted by Gasteiger charge is 2.46. The lowest BCUT2D eigenvalue weighted by Gasteiger charge is -2.29. The number of morpholine rings is 1. The number of hydrogen-bond acceptors (Lipinski definition) is 6. The van der Waals surface area contributed by atoms with Gasteiger partial charge in [0.15, 0.2) is 0 Å². The number of halogens is 1. The van der Waals surface area contributed by atoms with Gasteiger partial charge in [0.2, 0.25) is 0 Å². The fraction of sp³-hybridized carbons (Fsp3) is 0.407. The Bertz CT molecular complexity index is 1170. The summed E-state index contributed by atoms with van der Waals surface area (Å²) in [7, 11) is 0. The molecule has 2 fully saturated rings. The molecule has 0 aliphatic carbocycles. The number of benzene rings is 2. The molecule has 3 aliphatic rings. The van der Waals surface area contributed by atoms with E-state index < -0.39 is 17.7 Å². The predicted molar refractivity (Wildman–Crippen MR) is 133 cm³/mol. The maximum atomic E-state index is 13.3. The van der Waals surface area contributed by atoms with E-state index in [-0.39, 0.29) is 17.4 Å². The standard InChI is InChI=1S/C27H29ClN2O5/c1-17-14-20-15-19(6-7-22(20)35-17)25(31)23-24(18-4-2-5-21(28)16-18)30(27(33)26(23)32)9-3-8-29-10-12-34-13-11-29/h2,4-7,15-17,24,31H,3,8-14H2,1H3/b25-23+/t17-,24-/m1/s1. The van der Waals surface area contributed by atoms with E-state index in [4.69, 9.17) is 21.1 Å². The highest BCUT2D eigenvalue weighted by Crippen LogP contribution is 2.41. The zero-order valence-electron chi connectivity index (χ0n) is 19.7. The van der Waals surface area contributed by atoms with Crippen LogP contribution in [0.1, 0.15) is 36.1 Å². The lowest BCUT2D eigenvalue weighted by atomic mass is 9.94. The molecule has 5 rings (SSSR count). The van der Waals surface area contributed by atoms with Crippen LogP contribution in [-0.4, -0.2) is 72.1 Å². The Kier molecular flexibility index (Phi) is 6.82. The Morgan fingerprint density at radius 3 is 2.69 bits per heavy atom. The monoisotopic (exact) mass is 496 g/mol. The maximum absolute atomic E-state index is 13.3. The van der Waals surface area contributed by atoms with Crippen molar-refractivity contribution in [2.24, 2.45) is 0 Å². The van der Waals surface area contributed by atoms with Gasteiger partial charge >= 0.3 is 0 Å². The molecule has 35 heavy (non-hydrogen) atoms. The van der Waals surface area contributed by atoms with E-state index in [9.17, 15) is 14.7 Å². The fourth-order valence-electron chi connectivity index (χ4n) is 5.15. The Morgan fingerprint density at radius 1 is 1.11 bits per heavy atom. The van der Waals surface area contributed by atoms with Crippen LogP contribution in [0.2, 0.25) is 5.02 Å². The molecule has 2 saturated heterocycles. The summed E-state index contributed by atoms with van der Waals surface area (Å²) in [6, 6.07) is 11.8. The van der Waals surface area contributed by atoms with Crippen LogP contribution in [-0.2, 0) is 20.7 Å². The number of fused-ring (bicyclic) bond motifs is 1. The molecule has 0 spiro atoms. The predicted octanol–water partition coefficient (Wildman–Crippen LogP) is 3.81. The van der Waals surface area contributed by atoms with Crippen molar-refractivity contribution in [2.45, 2.75) is 31.9 Å². The van der Waals surface area contributed by atoms with Gasteiger partial charge in [0, 0.05) is 43.2 Å². The summed E-state index contributed by atoms with van der Waals surface area (Å²) < 4.78 is 11.2. The molecule has 0 bridgehead atoms. The topological polar surface area (TPSA) is 79.3 Å². The van der Waals surface area contributed by atoms with Crippen LogP contribution in [0.5, 0.6) is 5.75 Å². The summed E-state index contributed by atoms with van der Waals surface area (Å²) in [5.74, 6) is -0.670. The van der Waals surface area contributed by atoms with Crippen molar-refractivity contribution in [2.75, 3.05) is 39.4 Å². The summed E-state index contributed by atoms with van der Waals surface area (Å²) in [5.41, 5.74) is 2.26. The molecule has 0 aromatic heterocycles. The number of likely N-dealkylation sites (tertiary alicyclic amines) is 1. The summed E-state index contributed by atoms with van der Waals surface area (Å²) in [6.07, 6.45) is 1.49. The van der Waals surface area contributed by atoms with Crippen molar-refractivity contribution in [1.82, 2.24) is 9.80 Å². The summed E-state index contributed by atoms with van der Waals surface area (Å²) >= 11 is 6.27. The van der Waals surface area contributed by atoms with E-state index in [0.717, 1.165) is 37.4 Å². The molecule has 0 unspecified atom stereocenters. The second-order valence-corrected chi connectivity index (χ2v) is 9.75. The van der Waals surface area contributed by atoms with Gasteiger partial charge in [-0.05, 0) is 54.8 Å². The average Bonchev–Trinajstić information content (AvgIpc) is 3.35. The van der Waals surface area contributed by atoms with E-state index in [0.29, 0.717) is 42.3 Å². The number of ether oxygens (including phenoxy) is 2. The largest absolute Gasteiger partial charge is 0.507 e. The number of nitrogens with zero attached hydrogens (tertiary/aromatic N) is 2. The zero-order chi connectivity index (χ0) is 24.5. The van der Waals surface area contributed by atoms with Gasteiger partial charge < -0.3 is 19.5 Å². The van der Waals surface area contributed by atoms with Crippen LogP contribution < -0.4 is 4.74 Å². The Labute approximate surface area is 209 Å². The molecule has 0 saturated carbocycles. The first kappa shape index (κ1) is 23.9. The third kappa shape index (κ3) is 4.81. The van der Waals surface area contributed by atoms with Crippen molar-refractivity contribution >= 4 is 29.1 Å². The zero-order valence-corrected chi connectivity index (χ0v) is 20.5. The van der Waals surface area contributed by atoms with Crippen molar-refractivity contribution in [3.05, 3.63) is 69.8 Å². The molecule has 2 atom stereocenters. The Morgan fingerprint density at radius 2 is 1.91 bits per heavy atom. The minimum atomic E-state index is -0.707.